The number of hydrogen-bond donors (Lipinski definition) is 4. The lowest BCUT2D eigenvalue weighted by Crippen LogP contribution is -2.51. The van der Waals surface area contributed by atoms with E-state index < -0.39 is 11.9 Å². The smallest absolute Gasteiger partial charge is 0.298 e. The zero-order valence-corrected chi connectivity index (χ0v) is 40.0. The first-order valence-corrected chi connectivity index (χ1v) is 24.0. The number of halogens is 1. The van der Waals surface area contributed by atoms with Crippen LogP contribution in [0, 0.1) is 11.7 Å². The van der Waals surface area contributed by atoms with Gasteiger partial charge in [0.2, 0.25) is 17.7 Å². The molecule has 0 radical (unpaired) electrons. The molecule has 21 heteroatoms. The summed E-state index contributed by atoms with van der Waals surface area (Å²) in [6, 6.07) is 11.0. The quantitative estimate of drug-likeness (QED) is 0.0503. The van der Waals surface area contributed by atoms with Crippen molar-refractivity contribution in [3.63, 3.8) is 0 Å². The fourth-order valence-electron chi connectivity index (χ4n) is 7.96. The van der Waals surface area contributed by atoms with Crippen LogP contribution in [0.3, 0.4) is 0 Å². The van der Waals surface area contributed by atoms with Crippen molar-refractivity contribution in [1.29, 1.82) is 0 Å². The van der Waals surface area contributed by atoms with Crippen LogP contribution in [-0.4, -0.2) is 183 Å². The van der Waals surface area contributed by atoms with Gasteiger partial charge in [-0.15, -0.1) is 0 Å². The molecule has 1 atom stereocenters. The molecule has 4 N–H and O–H groups in total. The number of carbonyl (C=O) groups excluding carboxylic acids is 3. The number of hydrogen-bond acceptors (Lipinski definition) is 16. The highest BCUT2D eigenvalue weighted by molar-refractivity contribution is 5.91. The Balaban J connectivity index is 0.771. The number of morpholine rings is 1. The van der Waals surface area contributed by atoms with Crippen molar-refractivity contribution >= 4 is 51.4 Å². The summed E-state index contributed by atoms with van der Waals surface area (Å²) in [6.45, 7) is 13.3. The van der Waals surface area contributed by atoms with Crippen molar-refractivity contribution in [2.45, 2.75) is 45.8 Å². The number of aliphatic hydroxyl groups is 1. The fraction of sp³-hybridized carbons (Fsp3) is 0.625. The number of anilines is 2. The molecule has 4 heterocycles. The minimum absolute atomic E-state index is 0.0375. The van der Waals surface area contributed by atoms with E-state index >= 15 is 0 Å². The first-order valence-electron chi connectivity index (χ1n) is 24.0. The minimum atomic E-state index is -0.808. The van der Waals surface area contributed by atoms with E-state index in [2.05, 4.69) is 42.5 Å². The van der Waals surface area contributed by atoms with Crippen LogP contribution in [0.1, 0.15) is 31.5 Å². The van der Waals surface area contributed by atoms with Crippen molar-refractivity contribution in [3.8, 4) is 0 Å². The summed E-state index contributed by atoms with van der Waals surface area (Å²) in [5.74, 6) is -1.66. The largest absolute Gasteiger partial charge is 0.423 e. The summed E-state index contributed by atoms with van der Waals surface area (Å²) in [5, 5.41) is 17.7. The van der Waals surface area contributed by atoms with Crippen LogP contribution in [0.5, 0.6) is 0 Å². The summed E-state index contributed by atoms with van der Waals surface area (Å²) in [5.41, 5.74) is 5.92. The van der Waals surface area contributed by atoms with Crippen LogP contribution in [-0.2, 0) is 71.8 Å². The van der Waals surface area contributed by atoms with Gasteiger partial charge in [0, 0.05) is 74.4 Å². The number of ether oxygens (including phenoxy) is 8. The van der Waals surface area contributed by atoms with Crippen LogP contribution < -0.4 is 25.8 Å². The second-order valence-corrected chi connectivity index (χ2v) is 16.8. The Morgan fingerprint density at radius 1 is 0.754 bits per heavy atom. The average molecular weight is 972 g/mol. The third kappa shape index (κ3) is 17.1. The maximum Gasteiger partial charge on any atom is 0.298 e. The predicted molar refractivity (Wildman–Crippen MR) is 254 cm³/mol. The summed E-state index contributed by atoms with van der Waals surface area (Å²) in [6.07, 6.45) is 0.873. The van der Waals surface area contributed by atoms with E-state index in [4.69, 9.17) is 52.4 Å². The number of amides is 3. The van der Waals surface area contributed by atoms with Crippen LogP contribution in [0.4, 0.5) is 16.1 Å². The third-order valence-electron chi connectivity index (χ3n) is 11.5. The average Bonchev–Trinajstić information content (AvgIpc) is 3.92. The van der Waals surface area contributed by atoms with Gasteiger partial charge in [-0.3, -0.25) is 14.4 Å². The summed E-state index contributed by atoms with van der Waals surface area (Å²) >= 11 is 0. The predicted octanol–water partition coefficient (Wildman–Crippen LogP) is 2.19. The van der Waals surface area contributed by atoms with E-state index in [1.807, 2.05) is 12.1 Å². The van der Waals surface area contributed by atoms with Crippen molar-refractivity contribution in [2.24, 2.45) is 5.92 Å². The number of rotatable bonds is 33. The molecule has 4 aromatic rings. The van der Waals surface area contributed by atoms with Crippen molar-refractivity contribution in [3.05, 3.63) is 53.5 Å². The molecule has 0 saturated carbocycles. The first-order chi connectivity index (χ1) is 33.7. The van der Waals surface area contributed by atoms with E-state index in [1.165, 1.54) is 17.3 Å². The molecule has 1 unspecified atom stereocenters. The summed E-state index contributed by atoms with van der Waals surface area (Å²) in [4.78, 5) is 46.7. The molecular weight excluding hydrogens is 902 g/mol. The molecule has 69 heavy (non-hydrogen) atoms. The Bertz CT molecular complexity index is 2180. The van der Waals surface area contributed by atoms with Crippen molar-refractivity contribution in [1.82, 2.24) is 25.5 Å². The molecule has 382 valence electrons. The van der Waals surface area contributed by atoms with Gasteiger partial charge >= 0.3 is 0 Å². The summed E-state index contributed by atoms with van der Waals surface area (Å²) < 4.78 is 66.8. The second kappa shape index (κ2) is 29.3. The molecule has 0 bridgehead atoms. The van der Waals surface area contributed by atoms with Crippen LogP contribution in [0.2, 0.25) is 0 Å². The Morgan fingerprint density at radius 3 is 2.09 bits per heavy atom. The van der Waals surface area contributed by atoms with E-state index in [0.29, 0.717) is 105 Å². The van der Waals surface area contributed by atoms with Gasteiger partial charge in [0.1, 0.15) is 17.4 Å². The zero-order valence-electron chi connectivity index (χ0n) is 40.0. The highest BCUT2D eigenvalue weighted by Crippen LogP contribution is 2.35. The fourth-order valence-corrected chi connectivity index (χ4v) is 7.96. The van der Waals surface area contributed by atoms with E-state index in [-0.39, 0.29) is 69.5 Å². The molecule has 0 aliphatic carbocycles. The molecule has 2 aliphatic heterocycles. The topological polar surface area (TPSA) is 219 Å². The SMILES string of the molecule is CC(C)C(NC(=O)CCOCCOCCOCCO)C(=O)NCC(=O)NCCOCCOCCOCCOCCn1c2c(c3ccc(F)cc31)CN(c1ccc3oc(N4CCOCC4)nc3c1)CC2. The van der Waals surface area contributed by atoms with Crippen LogP contribution in [0.25, 0.3) is 22.0 Å². The van der Waals surface area contributed by atoms with Gasteiger partial charge in [-0.25, -0.2) is 4.39 Å². The molecule has 6 rings (SSSR count). The lowest BCUT2D eigenvalue weighted by atomic mass is 10.0. The molecule has 20 nitrogen and oxygen atoms in total. The van der Waals surface area contributed by atoms with Crippen LogP contribution >= 0.6 is 0 Å². The van der Waals surface area contributed by atoms with Gasteiger partial charge < -0.3 is 77.7 Å². The number of nitrogens with zero attached hydrogens (tertiary/aromatic N) is 4. The molecule has 1 saturated heterocycles. The molecule has 1 fully saturated rings. The Kier molecular flexibility index (Phi) is 22.6. The second-order valence-electron chi connectivity index (χ2n) is 16.8. The van der Waals surface area contributed by atoms with Gasteiger partial charge in [-0.2, -0.15) is 4.98 Å². The normalized spacial score (nSPS) is 14.4. The summed E-state index contributed by atoms with van der Waals surface area (Å²) in [7, 11) is 0. The third-order valence-corrected chi connectivity index (χ3v) is 11.5. The zero-order chi connectivity index (χ0) is 48.6. The lowest BCUT2D eigenvalue weighted by Gasteiger charge is -2.30. The monoisotopic (exact) mass is 972 g/mol. The minimum Gasteiger partial charge on any atom is -0.423 e. The van der Waals surface area contributed by atoms with Gasteiger partial charge in [0.25, 0.3) is 6.01 Å². The number of fused-ring (bicyclic) bond motifs is 4. The maximum atomic E-state index is 14.6. The standard InChI is InChI=1S/C48H70FN7O13/c1-35(2)46(53-44(58)8-15-61-21-25-66-28-24-65-20-14-57)47(60)51-33-45(59)50-9-16-62-22-26-67-29-30-68-27-23-64-19-13-56-41-7-10-55(34-39(41)38-5-3-36(49)31-42(38)56)37-4-6-43-40(32-37)52-48(69-43)54-11-17-63-18-12-54/h3-6,31-32,35,46,57H,7-30,33-34H2,1-2H3,(H,50,59)(H,51,60)(H,53,58). The Hall–Kier alpha value is -4.97. The van der Waals surface area contributed by atoms with Crippen molar-refractivity contribution in [2.75, 3.05) is 155 Å². The van der Waals surface area contributed by atoms with E-state index in [1.54, 1.807) is 19.9 Å². The van der Waals surface area contributed by atoms with E-state index in [9.17, 15) is 18.8 Å². The van der Waals surface area contributed by atoms with Crippen molar-refractivity contribution < 1.29 is 66.2 Å². The number of carbonyl (C=O) groups is 3. The van der Waals surface area contributed by atoms with Gasteiger partial charge in [-0.1, -0.05) is 13.8 Å². The van der Waals surface area contributed by atoms with Gasteiger partial charge in [-0.05, 0) is 42.3 Å². The molecule has 0 spiro atoms. The number of oxazole rings is 1. The first kappa shape index (κ1) is 53.4. The molecule has 2 aliphatic rings. The van der Waals surface area contributed by atoms with Crippen LogP contribution in [0.15, 0.2) is 40.8 Å². The maximum absolute atomic E-state index is 14.6. The Labute approximate surface area is 402 Å². The Morgan fingerprint density at radius 2 is 1.41 bits per heavy atom. The molecule has 2 aromatic carbocycles. The lowest BCUT2D eigenvalue weighted by molar-refractivity contribution is -0.131. The van der Waals surface area contributed by atoms with Gasteiger partial charge in [0.15, 0.2) is 5.58 Å². The number of aromatic nitrogens is 2. The number of benzene rings is 2. The highest BCUT2D eigenvalue weighted by atomic mass is 19.1. The molecule has 3 amide bonds. The number of aliphatic hydroxyl groups excluding tert-OH is 1. The highest BCUT2D eigenvalue weighted by Gasteiger charge is 2.27. The van der Waals surface area contributed by atoms with Gasteiger partial charge in [0.05, 0.1) is 124 Å². The molecule has 2 aromatic heterocycles. The number of nitrogens with one attached hydrogen (secondary N) is 3. The van der Waals surface area contributed by atoms with E-state index in [0.717, 1.165) is 53.7 Å². The molecular formula is C48H70FN7O13.